The summed E-state index contributed by atoms with van der Waals surface area (Å²) in [5.74, 6) is -0.0154. The quantitative estimate of drug-likeness (QED) is 0.891. The molecule has 0 saturated carbocycles. The molecule has 7 nitrogen and oxygen atoms in total. The number of carbonyl (C=O) groups is 2. The maximum Gasteiger partial charge on any atom is 0.268 e. The van der Waals surface area contributed by atoms with E-state index in [9.17, 15) is 9.59 Å². The van der Waals surface area contributed by atoms with Crippen LogP contribution in [0.15, 0.2) is 30.6 Å². The largest absolute Gasteiger partial charge is 0.346 e. The Morgan fingerprint density at radius 1 is 1.35 bits per heavy atom. The van der Waals surface area contributed by atoms with E-state index in [1.54, 1.807) is 17.8 Å². The predicted molar refractivity (Wildman–Crippen MR) is 98.5 cm³/mol. The van der Waals surface area contributed by atoms with Gasteiger partial charge in [0.25, 0.3) is 5.91 Å². The van der Waals surface area contributed by atoms with Gasteiger partial charge in [-0.2, -0.15) is 5.10 Å². The molecule has 2 aromatic rings. The van der Waals surface area contributed by atoms with Crippen molar-refractivity contribution in [3.63, 3.8) is 0 Å². The van der Waals surface area contributed by atoms with E-state index in [0.29, 0.717) is 12.2 Å². The molecule has 2 amide bonds. The zero-order chi connectivity index (χ0) is 18.7. The highest BCUT2D eigenvalue weighted by Gasteiger charge is 2.29. The first-order valence-electron chi connectivity index (χ1n) is 9.18. The number of aromatic nitrogens is 3. The summed E-state index contributed by atoms with van der Waals surface area (Å²) in [6.45, 7) is 4.98. The Morgan fingerprint density at radius 3 is 2.85 bits per heavy atom. The van der Waals surface area contributed by atoms with E-state index in [-0.39, 0.29) is 23.9 Å². The maximum atomic E-state index is 12.7. The molecule has 3 rings (SSSR count). The molecule has 2 atom stereocenters. The molecule has 1 aliphatic heterocycles. The van der Waals surface area contributed by atoms with Crippen LogP contribution in [0.3, 0.4) is 0 Å². The molecule has 0 aromatic carbocycles. The molecule has 0 spiro atoms. The van der Waals surface area contributed by atoms with Gasteiger partial charge in [0.2, 0.25) is 5.91 Å². The van der Waals surface area contributed by atoms with Gasteiger partial charge in [-0.05, 0) is 44.4 Å². The van der Waals surface area contributed by atoms with Crippen LogP contribution < -0.4 is 5.32 Å². The van der Waals surface area contributed by atoms with E-state index in [0.717, 1.165) is 31.5 Å². The average Bonchev–Trinajstić information content (AvgIpc) is 3.24. The minimum Gasteiger partial charge on any atom is -0.346 e. The van der Waals surface area contributed by atoms with Crippen LogP contribution in [0.1, 0.15) is 55.3 Å². The lowest BCUT2D eigenvalue weighted by Gasteiger charge is -2.35. The fraction of sp³-hybridized carbons (Fsp3) is 0.526. The second-order valence-electron chi connectivity index (χ2n) is 7.03. The fourth-order valence-electron chi connectivity index (χ4n) is 3.74. The van der Waals surface area contributed by atoms with Crippen LogP contribution in [0, 0.1) is 0 Å². The highest BCUT2D eigenvalue weighted by molar-refractivity contribution is 5.93. The summed E-state index contributed by atoms with van der Waals surface area (Å²) in [7, 11) is 1.90. The molecular weight excluding hydrogens is 330 g/mol. The van der Waals surface area contributed by atoms with Gasteiger partial charge < -0.3 is 14.8 Å². The number of nitrogens with zero attached hydrogens (tertiary/aromatic N) is 4. The Balaban J connectivity index is 1.71. The van der Waals surface area contributed by atoms with Crippen LogP contribution in [0.2, 0.25) is 0 Å². The van der Waals surface area contributed by atoms with E-state index in [4.69, 9.17) is 0 Å². The topological polar surface area (TPSA) is 72.2 Å². The first kappa shape index (κ1) is 18.2. The second kappa shape index (κ2) is 7.76. The molecule has 26 heavy (non-hydrogen) atoms. The summed E-state index contributed by atoms with van der Waals surface area (Å²) in [6, 6.07) is 5.69. The highest BCUT2D eigenvalue weighted by atomic mass is 16.2. The zero-order valence-corrected chi connectivity index (χ0v) is 15.7. The van der Waals surface area contributed by atoms with Crippen molar-refractivity contribution in [3.05, 3.63) is 42.0 Å². The third-order valence-electron chi connectivity index (χ3n) is 5.04. The molecule has 1 saturated heterocycles. The van der Waals surface area contributed by atoms with Crippen molar-refractivity contribution in [1.82, 2.24) is 24.6 Å². The van der Waals surface area contributed by atoms with Crippen LogP contribution in [-0.4, -0.2) is 43.6 Å². The van der Waals surface area contributed by atoms with E-state index in [1.165, 1.54) is 0 Å². The standard InChI is InChI=1S/C19H27N5O2/c1-14(13-23-11-6-10-20-23)21-19(26)18-9-8-16(22(18)3)17-7-4-5-12-24(17)15(2)25/h6,8-11,14,17H,4-5,7,12-13H2,1-3H3,(H,21,26). The average molecular weight is 357 g/mol. The van der Waals surface area contributed by atoms with Gasteiger partial charge in [0.05, 0.1) is 12.6 Å². The second-order valence-corrected chi connectivity index (χ2v) is 7.03. The lowest BCUT2D eigenvalue weighted by Crippen LogP contribution is -2.39. The molecule has 0 aliphatic carbocycles. The van der Waals surface area contributed by atoms with Crippen LogP contribution in [0.5, 0.6) is 0 Å². The van der Waals surface area contributed by atoms with Crippen LogP contribution >= 0.6 is 0 Å². The summed E-state index contributed by atoms with van der Waals surface area (Å²) >= 11 is 0. The first-order valence-corrected chi connectivity index (χ1v) is 9.18. The Kier molecular flexibility index (Phi) is 5.44. The van der Waals surface area contributed by atoms with Crippen molar-refractivity contribution >= 4 is 11.8 Å². The minimum absolute atomic E-state index is 0.0378. The SMILES string of the molecule is CC(=O)N1CCCCC1c1ccc(C(=O)NC(C)Cn2cccn2)n1C. The summed E-state index contributed by atoms with van der Waals surface area (Å²) in [5, 5.41) is 7.19. The van der Waals surface area contributed by atoms with Gasteiger partial charge in [-0.15, -0.1) is 0 Å². The van der Waals surface area contributed by atoms with Gasteiger partial charge in [-0.3, -0.25) is 14.3 Å². The van der Waals surface area contributed by atoms with Crippen molar-refractivity contribution in [1.29, 1.82) is 0 Å². The van der Waals surface area contributed by atoms with Crippen LogP contribution in [0.4, 0.5) is 0 Å². The number of nitrogens with one attached hydrogen (secondary N) is 1. The Hall–Kier alpha value is -2.57. The monoisotopic (exact) mass is 357 g/mol. The van der Waals surface area contributed by atoms with Crippen LogP contribution in [-0.2, 0) is 18.4 Å². The molecule has 7 heteroatoms. The minimum atomic E-state index is -0.108. The molecule has 0 bridgehead atoms. The highest BCUT2D eigenvalue weighted by Crippen LogP contribution is 2.31. The van der Waals surface area contributed by atoms with Crippen molar-refractivity contribution in [2.24, 2.45) is 7.05 Å². The molecule has 2 aromatic heterocycles. The molecule has 3 heterocycles. The van der Waals surface area contributed by atoms with E-state index < -0.39 is 0 Å². The Morgan fingerprint density at radius 2 is 2.15 bits per heavy atom. The molecule has 1 aliphatic rings. The lowest BCUT2D eigenvalue weighted by molar-refractivity contribution is -0.132. The van der Waals surface area contributed by atoms with Gasteiger partial charge >= 0.3 is 0 Å². The van der Waals surface area contributed by atoms with Gasteiger partial charge in [0.15, 0.2) is 0 Å². The van der Waals surface area contributed by atoms with Crippen molar-refractivity contribution in [2.45, 2.75) is 51.7 Å². The van der Waals surface area contributed by atoms with Gasteiger partial charge in [-0.1, -0.05) is 0 Å². The number of piperidine rings is 1. The Labute approximate surface area is 154 Å². The molecule has 0 radical (unpaired) electrons. The number of hydrogen-bond donors (Lipinski definition) is 1. The Bertz CT molecular complexity index is 765. The zero-order valence-electron chi connectivity index (χ0n) is 15.7. The number of carbonyl (C=O) groups excluding carboxylic acids is 2. The van der Waals surface area contributed by atoms with Gasteiger partial charge in [0.1, 0.15) is 5.69 Å². The third kappa shape index (κ3) is 3.81. The lowest BCUT2D eigenvalue weighted by atomic mass is 9.99. The smallest absolute Gasteiger partial charge is 0.268 e. The molecule has 140 valence electrons. The summed E-state index contributed by atoms with van der Waals surface area (Å²) in [5.41, 5.74) is 1.63. The van der Waals surface area contributed by atoms with E-state index in [2.05, 4.69) is 10.4 Å². The van der Waals surface area contributed by atoms with E-state index >= 15 is 0 Å². The van der Waals surface area contributed by atoms with Crippen molar-refractivity contribution < 1.29 is 9.59 Å². The number of hydrogen-bond acceptors (Lipinski definition) is 3. The van der Waals surface area contributed by atoms with Crippen molar-refractivity contribution in [3.8, 4) is 0 Å². The van der Waals surface area contributed by atoms with E-state index in [1.807, 2.05) is 47.8 Å². The van der Waals surface area contributed by atoms with Crippen LogP contribution in [0.25, 0.3) is 0 Å². The van der Waals surface area contributed by atoms with Gasteiger partial charge in [-0.25, -0.2) is 0 Å². The number of rotatable bonds is 5. The fourth-order valence-corrected chi connectivity index (χ4v) is 3.74. The normalized spacial score (nSPS) is 18.6. The summed E-state index contributed by atoms with van der Waals surface area (Å²) in [4.78, 5) is 26.6. The number of likely N-dealkylation sites (tertiary alicyclic amines) is 1. The summed E-state index contributed by atoms with van der Waals surface area (Å²) < 4.78 is 3.72. The van der Waals surface area contributed by atoms with Crippen molar-refractivity contribution in [2.75, 3.05) is 6.54 Å². The maximum absolute atomic E-state index is 12.7. The molecule has 1 fully saturated rings. The number of amides is 2. The molecule has 1 N–H and O–H groups in total. The molecule has 2 unspecified atom stereocenters. The first-order chi connectivity index (χ1) is 12.5. The predicted octanol–water partition coefficient (Wildman–Crippen LogP) is 2.11. The summed E-state index contributed by atoms with van der Waals surface area (Å²) in [6.07, 6.45) is 6.68. The van der Waals surface area contributed by atoms with Gasteiger partial charge in [0, 0.05) is 44.6 Å². The molecular formula is C19H27N5O2. The third-order valence-corrected chi connectivity index (χ3v) is 5.04.